The molecule has 1 heterocycles. The van der Waals surface area contributed by atoms with E-state index in [-0.39, 0.29) is 11.5 Å². The van der Waals surface area contributed by atoms with E-state index in [1.165, 1.54) is 0 Å². The average molecular weight is 386 g/mol. The van der Waals surface area contributed by atoms with Gasteiger partial charge >= 0.3 is 0 Å². The molecule has 0 fully saturated rings. The average Bonchev–Trinajstić information content (AvgIpc) is 2.31. The first-order chi connectivity index (χ1) is 8.90. The molecule has 0 amide bonds. The molecule has 0 saturated carbocycles. The van der Waals surface area contributed by atoms with Gasteiger partial charge in [0.15, 0.2) is 0 Å². The van der Waals surface area contributed by atoms with Crippen LogP contribution >= 0.6 is 31.9 Å². The van der Waals surface area contributed by atoms with Crippen LogP contribution in [-0.4, -0.2) is 9.97 Å². The fraction of sp³-hybridized carbons (Fsp3) is 0.286. The van der Waals surface area contributed by atoms with Gasteiger partial charge in [0.1, 0.15) is 5.82 Å². The molecule has 1 aromatic carbocycles. The van der Waals surface area contributed by atoms with Crippen LogP contribution in [0.25, 0.3) is 11.4 Å². The Morgan fingerprint density at radius 2 is 1.89 bits per heavy atom. The number of rotatable bonds is 2. The van der Waals surface area contributed by atoms with E-state index in [1.807, 2.05) is 39.0 Å². The van der Waals surface area contributed by atoms with E-state index in [0.29, 0.717) is 5.82 Å². The Bertz CT molecular complexity index is 678. The monoisotopic (exact) mass is 384 g/mol. The summed E-state index contributed by atoms with van der Waals surface area (Å²) in [4.78, 5) is 19.5. The van der Waals surface area contributed by atoms with Gasteiger partial charge in [0.05, 0.1) is 0 Å². The zero-order chi connectivity index (χ0) is 14.2. The second kappa shape index (κ2) is 5.59. The standard InChI is InChI=1S/C14H14Br2N2O/c1-7(2)12-8(3)17-13(18-14(12)19)9-4-5-10(15)11(16)6-9/h4-7H,1-3H3,(H,17,18,19). The van der Waals surface area contributed by atoms with Crippen molar-refractivity contribution in [3.8, 4) is 11.4 Å². The van der Waals surface area contributed by atoms with Gasteiger partial charge < -0.3 is 4.98 Å². The van der Waals surface area contributed by atoms with Gasteiger partial charge in [0, 0.05) is 25.8 Å². The van der Waals surface area contributed by atoms with Crippen LogP contribution in [0.3, 0.4) is 0 Å². The summed E-state index contributed by atoms with van der Waals surface area (Å²) in [7, 11) is 0. The van der Waals surface area contributed by atoms with Crippen LogP contribution in [0.15, 0.2) is 31.9 Å². The zero-order valence-electron chi connectivity index (χ0n) is 10.9. The van der Waals surface area contributed by atoms with Crippen LogP contribution < -0.4 is 5.56 Å². The highest BCUT2D eigenvalue weighted by molar-refractivity contribution is 9.13. The van der Waals surface area contributed by atoms with Gasteiger partial charge in [-0.2, -0.15) is 0 Å². The quantitative estimate of drug-likeness (QED) is 0.832. The van der Waals surface area contributed by atoms with Crippen LogP contribution in [0.5, 0.6) is 0 Å². The fourth-order valence-corrected chi connectivity index (χ4v) is 2.68. The van der Waals surface area contributed by atoms with Crippen LogP contribution in [0, 0.1) is 6.92 Å². The molecule has 19 heavy (non-hydrogen) atoms. The third-order valence-corrected chi connectivity index (χ3v) is 4.80. The molecule has 2 rings (SSSR count). The Hall–Kier alpha value is -0.940. The third-order valence-electron chi connectivity index (χ3n) is 2.92. The maximum atomic E-state index is 12.1. The first-order valence-electron chi connectivity index (χ1n) is 5.96. The number of halogens is 2. The van der Waals surface area contributed by atoms with E-state index in [9.17, 15) is 4.79 Å². The van der Waals surface area contributed by atoms with Crippen LogP contribution in [-0.2, 0) is 0 Å². The molecule has 0 aliphatic rings. The normalized spacial score (nSPS) is 11.1. The Kier molecular flexibility index (Phi) is 4.26. The Balaban J connectivity index is 2.58. The number of aromatic nitrogens is 2. The molecule has 0 aliphatic carbocycles. The van der Waals surface area contributed by atoms with Crippen molar-refractivity contribution in [2.45, 2.75) is 26.7 Å². The van der Waals surface area contributed by atoms with E-state index in [4.69, 9.17) is 0 Å². The molecule has 2 aromatic rings. The summed E-state index contributed by atoms with van der Waals surface area (Å²) in [6.45, 7) is 5.87. The van der Waals surface area contributed by atoms with Crippen LogP contribution in [0.2, 0.25) is 0 Å². The number of nitrogens with one attached hydrogen (secondary N) is 1. The van der Waals surface area contributed by atoms with Crippen molar-refractivity contribution in [3.63, 3.8) is 0 Å². The van der Waals surface area contributed by atoms with Crippen molar-refractivity contribution in [2.75, 3.05) is 0 Å². The second-order valence-corrected chi connectivity index (χ2v) is 6.41. The number of aromatic amines is 1. The second-order valence-electron chi connectivity index (χ2n) is 4.70. The minimum Gasteiger partial charge on any atom is -0.306 e. The molecule has 0 radical (unpaired) electrons. The summed E-state index contributed by atoms with van der Waals surface area (Å²) in [5.41, 5.74) is 2.36. The topological polar surface area (TPSA) is 45.8 Å². The number of benzene rings is 1. The highest BCUT2D eigenvalue weighted by atomic mass is 79.9. The molecule has 0 atom stereocenters. The Morgan fingerprint density at radius 1 is 1.21 bits per heavy atom. The van der Waals surface area contributed by atoms with Crippen LogP contribution in [0.1, 0.15) is 31.0 Å². The summed E-state index contributed by atoms with van der Waals surface area (Å²) >= 11 is 6.87. The molecule has 5 heteroatoms. The maximum absolute atomic E-state index is 12.1. The first kappa shape index (κ1) is 14.5. The number of hydrogen-bond donors (Lipinski definition) is 1. The third kappa shape index (κ3) is 2.98. The summed E-state index contributed by atoms with van der Waals surface area (Å²) in [5, 5.41) is 0. The minimum atomic E-state index is -0.0588. The smallest absolute Gasteiger partial charge is 0.254 e. The van der Waals surface area contributed by atoms with Crippen molar-refractivity contribution in [2.24, 2.45) is 0 Å². The molecule has 1 aromatic heterocycles. The van der Waals surface area contributed by atoms with Crippen molar-refractivity contribution in [3.05, 3.63) is 48.8 Å². The van der Waals surface area contributed by atoms with Crippen LogP contribution in [0.4, 0.5) is 0 Å². The van der Waals surface area contributed by atoms with E-state index in [0.717, 1.165) is 25.8 Å². The molecule has 0 saturated heterocycles. The lowest BCUT2D eigenvalue weighted by atomic mass is 10.0. The largest absolute Gasteiger partial charge is 0.306 e. The van der Waals surface area contributed by atoms with Crippen molar-refractivity contribution in [1.29, 1.82) is 0 Å². The fourth-order valence-electron chi connectivity index (χ4n) is 2.06. The number of hydrogen-bond acceptors (Lipinski definition) is 2. The summed E-state index contributed by atoms with van der Waals surface area (Å²) in [5.74, 6) is 0.766. The first-order valence-corrected chi connectivity index (χ1v) is 7.55. The number of H-pyrrole nitrogens is 1. The van der Waals surface area contributed by atoms with E-state index >= 15 is 0 Å². The molecule has 3 nitrogen and oxygen atoms in total. The van der Waals surface area contributed by atoms with Gasteiger partial charge in [-0.1, -0.05) is 19.9 Å². The Labute approximate surface area is 128 Å². The molecule has 0 aliphatic heterocycles. The predicted octanol–water partition coefficient (Wildman–Crippen LogP) is 4.39. The summed E-state index contributed by atoms with van der Waals surface area (Å²) in [6.07, 6.45) is 0. The lowest BCUT2D eigenvalue weighted by Crippen LogP contribution is -2.18. The molecular weight excluding hydrogens is 372 g/mol. The predicted molar refractivity (Wildman–Crippen MR) is 84.5 cm³/mol. The minimum absolute atomic E-state index is 0.0588. The highest BCUT2D eigenvalue weighted by Crippen LogP contribution is 2.27. The molecular formula is C14H14Br2N2O. The lowest BCUT2D eigenvalue weighted by molar-refractivity contribution is 0.815. The lowest BCUT2D eigenvalue weighted by Gasteiger charge is -2.10. The SMILES string of the molecule is Cc1nc(-c2ccc(Br)c(Br)c2)[nH]c(=O)c1C(C)C. The highest BCUT2D eigenvalue weighted by Gasteiger charge is 2.12. The zero-order valence-corrected chi connectivity index (χ0v) is 14.1. The van der Waals surface area contributed by atoms with Crippen molar-refractivity contribution >= 4 is 31.9 Å². The van der Waals surface area contributed by atoms with Gasteiger partial charge in [-0.3, -0.25) is 4.79 Å². The molecule has 0 bridgehead atoms. The summed E-state index contributed by atoms with van der Waals surface area (Å²) < 4.78 is 1.90. The molecule has 0 spiro atoms. The number of nitrogens with zero attached hydrogens (tertiary/aromatic N) is 1. The Morgan fingerprint density at radius 3 is 2.42 bits per heavy atom. The van der Waals surface area contributed by atoms with Gasteiger partial charge in [0.25, 0.3) is 5.56 Å². The van der Waals surface area contributed by atoms with Gasteiger partial charge in [0.2, 0.25) is 0 Å². The maximum Gasteiger partial charge on any atom is 0.254 e. The van der Waals surface area contributed by atoms with Crippen molar-refractivity contribution in [1.82, 2.24) is 9.97 Å². The molecule has 100 valence electrons. The van der Waals surface area contributed by atoms with Gasteiger partial charge in [-0.05, 0) is 56.8 Å². The van der Waals surface area contributed by atoms with E-state index in [2.05, 4.69) is 41.8 Å². The number of aryl methyl sites for hydroxylation is 1. The van der Waals surface area contributed by atoms with E-state index < -0.39 is 0 Å². The molecule has 1 N–H and O–H groups in total. The van der Waals surface area contributed by atoms with Gasteiger partial charge in [-0.15, -0.1) is 0 Å². The van der Waals surface area contributed by atoms with E-state index in [1.54, 1.807) is 0 Å². The molecule has 0 unspecified atom stereocenters. The summed E-state index contributed by atoms with van der Waals surface area (Å²) in [6, 6.07) is 5.77. The van der Waals surface area contributed by atoms with Crippen molar-refractivity contribution < 1.29 is 0 Å². The van der Waals surface area contributed by atoms with Gasteiger partial charge in [-0.25, -0.2) is 4.98 Å².